The molecule has 0 spiro atoms. The molecule has 2 heterocycles. The zero-order valence-electron chi connectivity index (χ0n) is 24.0. The molecule has 0 fully saturated rings. The Labute approximate surface area is 236 Å². The lowest BCUT2D eigenvalue weighted by Crippen LogP contribution is -2.22. The van der Waals surface area contributed by atoms with Crippen LogP contribution in [0, 0.1) is 13.8 Å². The summed E-state index contributed by atoms with van der Waals surface area (Å²) in [5.41, 5.74) is 6.11. The van der Waals surface area contributed by atoms with E-state index in [1.165, 1.54) is 5.69 Å². The van der Waals surface area contributed by atoms with Gasteiger partial charge in [0.15, 0.2) is 0 Å². The Morgan fingerprint density at radius 2 is 1.56 bits per heavy atom. The van der Waals surface area contributed by atoms with Crippen LogP contribution in [-0.2, 0) is 28.8 Å². The first-order valence-corrected chi connectivity index (χ1v) is 18.9. The maximum atomic E-state index is 13.7. The van der Waals surface area contributed by atoms with Gasteiger partial charge in [0.2, 0.25) is 5.16 Å². The minimum absolute atomic E-state index is 0.341. The largest absolute Gasteiger partial charge is 0.361 e. The van der Waals surface area contributed by atoms with Crippen molar-refractivity contribution in [3.8, 4) is 22.5 Å². The molecular formula is C31H42N4O2SSi. The van der Waals surface area contributed by atoms with Crippen LogP contribution in [0.5, 0.6) is 0 Å². The first kappa shape index (κ1) is 29.2. The molecule has 0 saturated carbocycles. The van der Waals surface area contributed by atoms with E-state index < -0.39 is 18.9 Å². The zero-order chi connectivity index (χ0) is 27.8. The SMILES string of the molecule is Cc1cc(C)n(CCCCCS(=O)c2nc(-c3ccccc3)c(-c3ccccc3)n2COCC[Si](C)(C)C)n1. The summed E-state index contributed by atoms with van der Waals surface area (Å²) in [4.78, 5) is 5.02. The summed E-state index contributed by atoms with van der Waals surface area (Å²) in [6, 6.07) is 23.6. The zero-order valence-corrected chi connectivity index (χ0v) is 25.8. The quantitative estimate of drug-likeness (QED) is 0.119. The Morgan fingerprint density at radius 3 is 2.18 bits per heavy atom. The van der Waals surface area contributed by atoms with E-state index in [0.29, 0.717) is 24.2 Å². The Bertz CT molecular complexity index is 1360. The lowest BCUT2D eigenvalue weighted by molar-refractivity contribution is 0.0823. The van der Waals surface area contributed by atoms with Crippen LogP contribution >= 0.6 is 0 Å². The Kier molecular flexibility index (Phi) is 10.1. The topological polar surface area (TPSA) is 61.9 Å². The molecule has 1 atom stereocenters. The van der Waals surface area contributed by atoms with E-state index in [1.807, 2.05) is 47.9 Å². The molecule has 2 aromatic heterocycles. The summed E-state index contributed by atoms with van der Waals surface area (Å²) in [5.74, 6) is 0.575. The fraction of sp³-hybridized carbons (Fsp3) is 0.419. The summed E-state index contributed by atoms with van der Waals surface area (Å²) >= 11 is 0. The number of aryl methyl sites for hydroxylation is 3. The second kappa shape index (κ2) is 13.5. The normalized spacial score (nSPS) is 12.6. The first-order valence-electron chi connectivity index (χ1n) is 13.9. The maximum Gasteiger partial charge on any atom is 0.202 e. The fourth-order valence-electron chi connectivity index (χ4n) is 4.61. The van der Waals surface area contributed by atoms with Gasteiger partial charge in [-0.3, -0.25) is 13.5 Å². The van der Waals surface area contributed by atoms with Gasteiger partial charge in [-0.25, -0.2) is 4.98 Å². The molecule has 2 aromatic carbocycles. The molecule has 4 rings (SSSR count). The molecule has 0 N–H and O–H groups in total. The number of hydrogen-bond donors (Lipinski definition) is 0. The lowest BCUT2D eigenvalue weighted by atomic mass is 10.0. The third-order valence-corrected chi connectivity index (χ3v) is 9.83. The highest BCUT2D eigenvalue weighted by molar-refractivity contribution is 7.84. The van der Waals surface area contributed by atoms with Crippen LogP contribution in [0.25, 0.3) is 22.5 Å². The molecule has 1 unspecified atom stereocenters. The minimum atomic E-state index is -1.24. The van der Waals surface area contributed by atoms with E-state index in [-0.39, 0.29) is 0 Å². The Hall–Kier alpha value is -2.81. The Balaban J connectivity index is 1.56. The number of nitrogens with zero attached hydrogens (tertiary/aromatic N) is 4. The van der Waals surface area contributed by atoms with Crippen molar-refractivity contribution in [1.29, 1.82) is 0 Å². The molecular weight excluding hydrogens is 521 g/mol. The summed E-state index contributed by atoms with van der Waals surface area (Å²) in [7, 11) is -2.47. The number of imidazole rings is 1. The van der Waals surface area contributed by atoms with Gasteiger partial charge in [0.25, 0.3) is 0 Å². The summed E-state index contributed by atoms with van der Waals surface area (Å²) < 4.78 is 24.1. The molecule has 0 aliphatic rings. The van der Waals surface area contributed by atoms with Crippen molar-refractivity contribution in [2.75, 3.05) is 12.4 Å². The van der Waals surface area contributed by atoms with Gasteiger partial charge in [-0.1, -0.05) is 86.7 Å². The van der Waals surface area contributed by atoms with Crippen LogP contribution in [0.15, 0.2) is 71.9 Å². The summed E-state index contributed by atoms with van der Waals surface area (Å²) in [6.07, 6.45) is 2.88. The van der Waals surface area contributed by atoms with Crippen LogP contribution in [0.1, 0.15) is 30.7 Å². The third-order valence-electron chi connectivity index (χ3n) is 6.75. The highest BCUT2D eigenvalue weighted by Crippen LogP contribution is 2.34. The predicted octanol–water partition coefficient (Wildman–Crippen LogP) is 7.32. The van der Waals surface area contributed by atoms with E-state index in [0.717, 1.165) is 60.1 Å². The third kappa shape index (κ3) is 8.10. The van der Waals surface area contributed by atoms with Crippen molar-refractivity contribution in [1.82, 2.24) is 19.3 Å². The minimum Gasteiger partial charge on any atom is -0.361 e. The first-order chi connectivity index (χ1) is 18.7. The van der Waals surface area contributed by atoms with Crippen molar-refractivity contribution < 1.29 is 8.95 Å². The van der Waals surface area contributed by atoms with Crippen LogP contribution in [0.3, 0.4) is 0 Å². The summed E-state index contributed by atoms with van der Waals surface area (Å²) in [5, 5.41) is 5.15. The van der Waals surface area contributed by atoms with Gasteiger partial charge in [-0.2, -0.15) is 5.10 Å². The molecule has 208 valence electrons. The molecule has 39 heavy (non-hydrogen) atoms. The second-order valence-corrected chi connectivity index (χ2v) is 18.4. The highest BCUT2D eigenvalue weighted by atomic mass is 32.2. The van der Waals surface area contributed by atoms with Crippen molar-refractivity contribution in [2.45, 2.75) is 77.2 Å². The number of rotatable bonds is 14. The molecule has 0 saturated heterocycles. The molecule has 6 nitrogen and oxygen atoms in total. The van der Waals surface area contributed by atoms with Crippen LogP contribution < -0.4 is 0 Å². The van der Waals surface area contributed by atoms with Crippen LogP contribution in [0.4, 0.5) is 0 Å². The molecule has 8 heteroatoms. The van der Waals surface area contributed by atoms with Gasteiger partial charge in [0.1, 0.15) is 6.73 Å². The molecule has 0 aliphatic carbocycles. The Morgan fingerprint density at radius 1 is 0.897 bits per heavy atom. The average molecular weight is 563 g/mol. The summed E-state index contributed by atoms with van der Waals surface area (Å²) in [6.45, 7) is 13.1. The maximum absolute atomic E-state index is 13.7. The number of ether oxygens (including phenoxy) is 1. The average Bonchev–Trinajstić information content (AvgIpc) is 3.45. The van der Waals surface area contributed by atoms with E-state index in [2.05, 4.69) is 66.7 Å². The van der Waals surface area contributed by atoms with Gasteiger partial charge in [-0.15, -0.1) is 0 Å². The number of aromatic nitrogens is 4. The van der Waals surface area contributed by atoms with Crippen molar-refractivity contribution >= 4 is 18.9 Å². The van der Waals surface area contributed by atoms with Crippen molar-refractivity contribution in [3.63, 3.8) is 0 Å². The molecule has 0 radical (unpaired) electrons. The molecule has 0 aliphatic heterocycles. The van der Waals surface area contributed by atoms with Gasteiger partial charge < -0.3 is 4.74 Å². The van der Waals surface area contributed by atoms with Gasteiger partial charge in [0.05, 0.1) is 27.9 Å². The van der Waals surface area contributed by atoms with Gasteiger partial charge in [-0.05, 0) is 38.8 Å². The van der Waals surface area contributed by atoms with Crippen LogP contribution in [-0.4, -0.2) is 44.0 Å². The second-order valence-electron chi connectivity index (χ2n) is 11.4. The smallest absolute Gasteiger partial charge is 0.202 e. The van der Waals surface area contributed by atoms with Gasteiger partial charge in [0, 0.05) is 43.8 Å². The lowest BCUT2D eigenvalue weighted by Gasteiger charge is -2.17. The monoisotopic (exact) mass is 562 g/mol. The van der Waals surface area contributed by atoms with E-state index in [4.69, 9.17) is 9.72 Å². The van der Waals surface area contributed by atoms with E-state index in [9.17, 15) is 4.21 Å². The van der Waals surface area contributed by atoms with E-state index >= 15 is 0 Å². The predicted molar refractivity (Wildman–Crippen MR) is 164 cm³/mol. The molecule has 0 amide bonds. The highest BCUT2D eigenvalue weighted by Gasteiger charge is 2.24. The fourth-order valence-corrected chi connectivity index (χ4v) is 6.60. The van der Waals surface area contributed by atoms with E-state index in [1.54, 1.807) is 0 Å². The van der Waals surface area contributed by atoms with Crippen molar-refractivity contribution in [2.24, 2.45) is 0 Å². The van der Waals surface area contributed by atoms with Crippen LogP contribution in [0.2, 0.25) is 25.7 Å². The molecule has 4 aromatic rings. The van der Waals surface area contributed by atoms with Gasteiger partial charge >= 0.3 is 0 Å². The number of unbranched alkanes of at least 4 members (excludes halogenated alkanes) is 2. The molecule has 0 bridgehead atoms. The van der Waals surface area contributed by atoms with Crippen molar-refractivity contribution in [3.05, 3.63) is 78.1 Å². The number of benzene rings is 2. The number of hydrogen-bond acceptors (Lipinski definition) is 4. The standard InChI is InChI=1S/C31H42N4O2SSi/c1-25-23-26(2)35(33-25)19-13-8-14-21-38(36)31-32-29(27-15-9-6-10-16-27)30(28-17-11-7-12-18-28)34(31)24-37-20-22-39(3,4)5/h6-7,9-12,15-18,23H,8,13-14,19-22,24H2,1-5H3.